The predicted molar refractivity (Wildman–Crippen MR) is 87.6 cm³/mol. The molecule has 0 saturated carbocycles. The van der Waals surface area contributed by atoms with Crippen molar-refractivity contribution in [3.05, 3.63) is 59.5 Å². The smallest absolute Gasteiger partial charge is 0.231 e. The summed E-state index contributed by atoms with van der Waals surface area (Å²) in [5, 5.41) is 2.77. The van der Waals surface area contributed by atoms with E-state index in [4.69, 9.17) is 0 Å². The number of nitrogens with one attached hydrogen (secondary N) is 1. The number of nitrogens with zero attached hydrogens (tertiary/aromatic N) is 2. The highest BCUT2D eigenvalue weighted by atomic mass is 19.1. The highest BCUT2D eigenvalue weighted by Gasteiger charge is 2.42. The van der Waals surface area contributed by atoms with E-state index < -0.39 is 12.0 Å². The van der Waals surface area contributed by atoms with Gasteiger partial charge >= 0.3 is 0 Å². The molecule has 124 valence electrons. The van der Waals surface area contributed by atoms with Gasteiger partial charge in [-0.1, -0.05) is 18.2 Å². The zero-order valence-corrected chi connectivity index (χ0v) is 13.5. The molecule has 1 saturated heterocycles. The molecule has 1 aliphatic heterocycles. The molecule has 1 aromatic carbocycles. The molecule has 2 atom stereocenters. The number of likely N-dealkylation sites (tertiary alicyclic amines) is 1. The highest BCUT2D eigenvalue weighted by Crippen LogP contribution is 2.37. The first-order valence-corrected chi connectivity index (χ1v) is 7.71. The fourth-order valence-corrected chi connectivity index (χ4v) is 3.05. The molecule has 2 amide bonds. The number of carbonyl (C=O) groups excluding carboxylic acids is 2. The Balaban J connectivity index is 1.85. The SMILES string of the molecule is Cc1cccc(NC(=O)[C@H]2CC(=O)N(C)[C@@H]2c2ccc(F)cc2)n1. The van der Waals surface area contributed by atoms with Gasteiger partial charge in [0.05, 0.1) is 12.0 Å². The zero-order chi connectivity index (χ0) is 17.3. The maximum absolute atomic E-state index is 13.2. The summed E-state index contributed by atoms with van der Waals surface area (Å²) >= 11 is 0. The molecule has 0 unspecified atom stereocenters. The molecule has 0 radical (unpaired) electrons. The third kappa shape index (κ3) is 3.13. The minimum Gasteiger partial charge on any atom is -0.338 e. The van der Waals surface area contributed by atoms with Gasteiger partial charge in [-0.2, -0.15) is 0 Å². The third-order valence-electron chi connectivity index (χ3n) is 4.27. The number of aryl methyl sites for hydroxylation is 1. The number of hydrogen-bond acceptors (Lipinski definition) is 3. The summed E-state index contributed by atoms with van der Waals surface area (Å²) in [6.45, 7) is 1.84. The average molecular weight is 327 g/mol. The average Bonchev–Trinajstić information content (AvgIpc) is 2.84. The maximum atomic E-state index is 13.2. The lowest BCUT2D eigenvalue weighted by Crippen LogP contribution is -2.30. The van der Waals surface area contributed by atoms with E-state index in [1.54, 1.807) is 36.2 Å². The van der Waals surface area contributed by atoms with E-state index in [0.29, 0.717) is 5.82 Å². The molecule has 6 heteroatoms. The van der Waals surface area contributed by atoms with Crippen LogP contribution in [0.4, 0.5) is 10.2 Å². The molecule has 3 rings (SSSR count). The van der Waals surface area contributed by atoms with E-state index in [2.05, 4.69) is 10.3 Å². The molecule has 5 nitrogen and oxygen atoms in total. The van der Waals surface area contributed by atoms with Crippen molar-refractivity contribution in [1.29, 1.82) is 0 Å². The normalized spacial score (nSPS) is 20.3. The van der Waals surface area contributed by atoms with Crippen LogP contribution in [0.2, 0.25) is 0 Å². The van der Waals surface area contributed by atoms with Gasteiger partial charge in [-0.15, -0.1) is 0 Å². The van der Waals surface area contributed by atoms with E-state index in [0.717, 1.165) is 11.3 Å². The summed E-state index contributed by atoms with van der Waals surface area (Å²) in [7, 11) is 1.66. The molecule has 1 aromatic heterocycles. The molecule has 24 heavy (non-hydrogen) atoms. The first-order valence-electron chi connectivity index (χ1n) is 7.71. The highest BCUT2D eigenvalue weighted by molar-refractivity contribution is 5.97. The number of anilines is 1. The fraction of sp³-hybridized carbons (Fsp3) is 0.278. The van der Waals surface area contributed by atoms with Gasteiger partial charge in [0, 0.05) is 19.2 Å². The second-order valence-corrected chi connectivity index (χ2v) is 5.97. The molecule has 0 spiro atoms. The van der Waals surface area contributed by atoms with E-state index in [9.17, 15) is 14.0 Å². The monoisotopic (exact) mass is 327 g/mol. The number of benzene rings is 1. The Labute approximate surface area is 139 Å². The van der Waals surface area contributed by atoms with Crippen LogP contribution in [0.1, 0.15) is 23.7 Å². The summed E-state index contributed by atoms with van der Waals surface area (Å²) < 4.78 is 13.2. The molecule has 0 aliphatic carbocycles. The van der Waals surface area contributed by atoms with Crippen molar-refractivity contribution >= 4 is 17.6 Å². The summed E-state index contributed by atoms with van der Waals surface area (Å²) in [5.41, 5.74) is 1.53. The minimum absolute atomic E-state index is 0.110. The summed E-state index contributed by atoms with van der Waals surface area (Å²) in [4.78, 5) is 30.6. The van der Waals surface area contributed by atoms with Crippen molar-refractivity contribution in [2.75, 3.05) is 12.4 Å². The number of hydrogen-bond donors (Lipinski definition) is 1. The number of rotatable bonds is 3. The fourth-order valence-electron chi connectivity index (χ4n) is 3.05. The van der Waals surface area contributed by atoms with Crippen LogP contribution in [0.15, 0.2) is 42.5 Å². The van der Waals surface area contributed by atoms with Crippen molar-refractivity contribution < 1.29 is 14.0 Å². The Morgan fingerprint density at radius 2 is 1.96 bits per heavy atom. The zero-order valence-electron chi connectivity index (χ0n) is 13.5. The van der Waals surface area contributed by atoms with Crippen LogP contribution in [0.25, 0.3) is 0 Å². The maximum Gasteiger partial charge on any atom is 0.231 e. The van der Waals surface area contributed by atoms with Crippen molar-refractivity contribution in [3.63, 3.8) is 0 Å². The molecule has 1 fully saturated rings. The lowest BCUT2D eigenvalue weighted by Gasteiger charge is -2.24. The molecular weight excluding hydrogens is 309 g/mol. The van der Waals surface area contributed by atoms with Crippen molar-refractivity contribution in [1.82, 2.24) is 9.88 Å². The molecule has 1 aliphatic rings. The Morgan fingerprint density at radius 1 is 1.25 bits per heavy atom. The first kappa shape index (κ1) is 16.1. The number of aromatic nitrogens is 1. The van der Waals surface area contributed by atoms with Gasteiger partial charge in [0.2, 0.25) is 11.8 Å². The van der Waals surface area contributed by atoms with Crippen LogP contribution in [0, 0.1) is 18.7 Å². The second kappa shape index (κ2) is 6.39. The van der Waals surface area contributed by atoms with Gasteiger partial charge < -0.3 is 10.2 Å². The van der Waals surface area contributed by atoms with E-state index in [-0.39, 0.29) is 24.1 Å². The number of pyridine rings is 1. The number of carbonyl (C=O) groups is 2. The van der Waals surface area contributed by atoms with Crippen LogP contribution >= 0.6 is 0 Å². The lowest BCUT2D eigenvalue weighted by molar-refractivity contribution is -0.127. The summed E-state index contributed by atoms with van der Waals surface area (Å²) in [6, 6.07) is 10.8. The molecular formula is C18H18FN3O2. The predicted octanol–water partition coefficient (Wildman–Crippen LogP) is 2.69. The summed E-state index contributed by atoms with van der Waals surface area (Å²) in [6.07, 6.45) is 0.121. The van der Waals surface area contributed by atoms with Gasteiger partial charge in [-0.3, -0.25) is 9.59 Å². The van der Waals surface area contributed by atoms with Crippen LogP contribution in [0.5, 0.6) is 0 Å². The van der Waals surface area contributed by atoms with Gasteiger partial charge in [0.15, 0.2) is 0 Å². The van der Waals surface area contributed by atoms with Crippen LogP contribution in [-0.4, -0.2) is 28.7 Å². The van der Waals surface area contributed by atoms with E-state index in [1.165, 1.54) is 12.1 Å². The van der Waals surface area contributed by atoms with Crippen molar-refractivity contribution in [2.45, 2.75) is 19.4 Å². The Bertz CT molecular complexity index is 776. The van der Waals surface area contributed by atoms with Gasteiger partial charge in [0.1, 0.15) is 11.6 Å². The van der Waals surface area contributed by atoms with Gasteiger partial charge in [0.25, 0.3) is 0 Å². The lowest BCUT2D eigenvalue weighted by atomic mass is 9.93. The van der Waals surface area contributed by atoms with Crippen LogP contribution in [-0.2, 0) is 9.59 Å². The molecule has 0 bridgehead atoms. The van der Waals surface area contributed by atoms with Gasteiger partial charge in [-0.05, 0) is 36.8 Å². The largest absolute Gasteiger partial charge is 0.338 e. The number of halogens is 1. The quantitative estimate of drug-likeness (QED) is 0.943. The minimum atomic E-state index is -0.546. The second-order valence-electron chi connectivity index (χ2n) is 5.97. The van der Waals surface area contributed by atoms with Crippen LogP contribution in [0.3, 0.4) is 0 Å². The molecule has 2 heterocycles. The number of amides is 2. The van der Waals surface area contributed by atoms with E-state index >= 15 is 0 Å². The Hall–Kier alpha value is -2.76. The van der Waals surface area contributed by atoms with Crippen molar-refractivity contribution in [3.8, 4) is 0 Å². The first-order chi connectivity index (χ1) is 11.5. The third-order valence-corrected chi connectivity index (χ3v) is 4.27. The molecule has 1 N–H and O–H groups in total. The Morgan fingerprint density at radius 3 is 2.62 bits per heavy atom. The van der Waals surface area contributed by atoms with E-state index in [1.807, 2.05) is 13.0 Å². The summed E-state index contributed by atoms with van der Waals surface area (Å²) in [5.74, 6) is -0.812. The molecule has 2 aromatic rings. The Kier molecular flexibility index (Phi) is 4.29. The van der Waals surface area contributed by atoms with Crippen molar-refractivity contribution in [2.24, 2.45) is 5.92 Å². The van der Waals surface area contributed by atoms with Crippen LogP contribution < -0.4 is 5.32 Å². The standard InChI is InChI=1S/C18H18FN3O2/c1-11-4-3-5-15(20-11)21-18(24)14-10-16(23)22(2)17(14)12-6-8-13(19)9-7-12/h3-9,14,17H,10H2,1-2H3,(H,20,21,24)/t14-,17+/m0/s1. The topological polar surface area (TPSA) is 62.3 Å². The van der Waals surface area contributed by atoms with Gasteiger partial charge in [-0.25, -0.2) is 9.37 Å².